The maximum atomic E-state index is 17.9. The van der Waals surface area contributed by atoms with E-state index in [0.29, 0.717) is 110 Å². The van der Waals surface area contributed by atoms with Crippen molar-refractivity contribution in [1.29, 1.82) is 0 Å². The molecule has 116 heavy (non-hydrogen) atoms. The topological polar surface area (TPSA) is 203 Å². The fourth-order valence-electron chi connectivity index (χ4n) is 14.1. The van der Waals surface area contributed by atoms with Crippen LogP contribution in [0.15, 0.2) is 109 Å². The maximum Gasteiger partial charge on any atom is 0.647 e. The van der Waals surface area contributed by atoms with Crippen molar-refractivity contribution in [2.75, 3.05) is 39.6 Å². The second kappa shape index (κ2) is 60.1. The standard InChI is InChI=1S/C99H153O16P/c1-73(2)85-64-61-82(55-43-31-19-25-37-49-67-107-94(100)76(7)8)88(58-46-34-22-28-40-52-70-110-97(103)79(13)14)91(85)113-116(106,114-92-86(74(3)4)65-62-83(56-44-32-20-26-38-50-68-108-95(101)77(9)10)89(92)59-47-35-23-29-41-53-71-111-98(104)80(15)16)115-93-87(75(5)6)66-63-84(57-45-33-21-27-39-51-69-109-96(102)78(11)12)90(93)60-48-36-24-30-42-54-72-112-99(105)81(17)18/h61-66,73-75H,7,9,11,13,15,17,19-60,67-72H2,1-6,8,10,12,14,16,18H3. The van der Waals surface area contributed by atoms with Crippen LogP contribution in [0.2, 0.25) is 0 Å². The number of hydrogen-bond donors (Lipinski definition) is 0. The lowest BCUT2D eigenvalue weighted by Crippen LogP contribution is -2.16. The summed E-state index contributed by atoms with van der Waals surface area (Å²) in [6, 6.07) is 13.3. The third kappa shape index (κ3) is 42.8. The van der Waals surface area contributed by atoms with Gasteiger partial charge in [0.05, 0.1) is 39.6 Å². The number of rotatable bonds is 69. The molecule has 0 bridgehead atoms. The number of carbonyl (C=O) groups excluding carboxylic acids is 6. The summed E-state index contributed by atoms with van der Waals surface area (Å²) in [5.41, 5.74) is 11.7. The Bertz CT molecular complexity index is 3220. The average molecular weight is 1630 g/mol. The Morgan fingerprint density at radius 1 is 0.250 bits per heavy atom. The number of phosphoric acid groups is 1. The molecule has 0 N–H and O–H groups in total. The van der Waals surface area contributed by atoms with Gasteiger partial charge in [0.15, 0.2) is 0 Å². The zero-order valence-corrected chi connectivity index (χ0v) is 75.3. The van der Waals surface area contributed by atoms with Gasteiger partial charge >= 0.3 is 43.6 Å². The van der Waals surface area contributed by atoms with Gasteiger partial charge in [-0.15, -0.1) is 0 Å². The van der Waals surface area contributed by atoms with E-state index in [2.05, 4.69) is 117 Å². The van der Waals surface area contributed by atoms with Crippen LogP contribution in [-0.2, 0) is 100 Å². The van der Waals surface area contributed by atoms with E-state index >= 15 is 4.57 Å². The van der Waals surface area contributed by atoms with E-state index in [0.717, 1.165) is 300 Å². The Morgan fingerprint density at radius 2 is 0.405 bits per heavy atom. The number of carbonyl (C=O) groups is 6. The van der Waals surface area contributed by atoms with Crippen LogP contribution in [-0.4, -0.2) is 75.5 Å². The first-order chi connectivity index (χ1) is 55.5. The van der Waals surface area contributed by atoms with Crippen LogP contribution in [0.1, 0.15) is 382 Å². The minimum absolute atomic E-state index is 0.0500. The number of aryl methyl sites for hydroxylation is 3. The summed E-state index contributed by atoms with van der Waals surface area (Å²) in [5.74, 6) is -0.622. The largest absolute Gasteiger partial charge is 0.647 e. The van der Waals surface area contributed by atoms with E-state index in [9.17, 15) is 28.8 Å². The first-order valence-corrected chi connectivity index (χ1v) is 46.0. The summed E-state index contributed by atoms with van der Waals surface area (Å²) in [5, 5.41) is 0. The lowest BCUT2D eigenvalue weighted by molar-refractivity contribution is -0.139. The van der Waals surface area contributed by atoms with Gasteiger partial charge in [0.2, 0.25) is 0 Å². The number of phosphoric ester groups is 1. The molecule has 0 saturated carbocycles. The van der Waals surface area contributed by atoms with E-state index in [1.165, 1.54) is 0 Å². The van der Waals surface area contributed by atoms with Gasteiger partial charge in [0, 0.05) is 33.4 Å². The third-order valence-corrected chi connectivity index (χ3v) is 22.3. The summed E-state index contributed by atoms with van der Waals surface area (Å²) < 4.78 is 73.5. The molecule has 0 saturated heterocycles. The highest BCUT2D eigenvalue weighted by molar-refractivity contribution is 7.49. The molecular formula is C99H153O16P. The lowest BCUT2D eigenvalue weighted by atomic mass is 9.90. The van der Waals surface area contributed by atoms with Gasteiger partial charge in [-0.3, -0.25) is 0 Å². The van der Waals surface area contributed by atoms with Crippen LogP contribution < -0.4 is 13.6 Å². The van der Waals surface area contributed by atoms with Crippen molar-refractivity contribution in [3.8, 4) is 17.2 Å². The number of esters is 6. The van der Waals surface area contributed by atoms with Gasteiger partial charge in [-0.05, 0) is 225 Å². The predicted molar refractivity (Wildman–Crippen MR) is 474 cm³/mol. The predicted octanol–water partition coefficient (Wildman–Crippen LogP) is 26.7. The highest BCUT2D eigenvalue weighted by Crippen LogP contribution is 2.57. The Morgan fingerprint density at radius 3 is 0.569 bits per heavy atom. The summed E-state index contributed by atoms with van der Waals surface area (Å²) in [6.07, 6.45) is 37.8. The molecule has 650 valence electrons. The van der Waals surface area contributed by atoms with E-state index in [1.807, 2.05) is 0 Å². The molecule has 17 heteroatoms. The van der Waals surface area contributed by atoms with Crippen molar-refractivity contribution in [2.45, 2.75) is 371 Å². The van der Waals surface area contributed by atoms with Gasteiger partial charge in [-0.25, -0.2) is 28.8 Å². The molecule has 0 heterocycles. The van der Waals surface area contributed by atoms with Crippen molar-refractivity contribution >= 4 is 43.6 Å². The van der Waals surface area contributed by atoms with Crippen LogP contribution in [0.4, 0.5) is 0 Å². The van der Waals surface area contributed by atoms with Gasteiger partial charge in [-0.2, -0.15) is 4.57 Å². The molecule has 3 aromatic rings. The van der Waals surface area contributed by atoms with Crippen LogP contribution in [0.25, 0.3) is 0 Å². The molecule has 0 aliphatic carbocycles. The highest BCUT2D eigenvalue weighted by atomic mass is 31.2. The fourth-order valence-corrected chi connectivity index (χ4v) is 15.5. The first kappa shape index (κ1) is 103. The van der Waals surface area contributed by atoms with Crippen molar-refractivity contribution < 1.29 is 75.3 Å². The van der Waals surface area contributed by atoms with Gasteiger partial charge < -0.3 is 42.0 Å². The van der Waals surface area contributed by atoms with Gasteiger partial charge in [0.25, 0.3) is 0 Å². The van der Waals surface area contributed by atoms with Crippen LogP contribution in [0.3, 0.4) is 0 Å². The lowest BCUT2D eigenvalue weighted by Gasteiger charge is -2.29. The molecule has 3 rings (SSSR count). The molecule has 0 aliphatic heterocycles. The molecule has 16 nitrogen and oxygen atoms in total. The summed E-state index contributed by atoms with van der Waals surface area (Å²) >= 11 is 0. The number of benzene rings is 3. The molecule has 0 unspecified atom stereocenters. The molecule has 0 fully saturated rings. The van der Waals surface area contributed by atoms with Gasteiger partial charge in [0.1, 0.15) is 17.2 Å². The Balaban J connectivity index is 2.40. The second-order valence-electron chi connectivity index (χ2n) is 33.3. The van der Waals surface area contributed by atoms with E-state index in [-0.39, 0.29) is 53.6 Å². The zero-order valence-electron chi connectivity index (χ0n) is 74.4. The average Bonchev–Trinajstić information content (AvgIpc) is 0.763. The summed E-state index contributed by atoms with van der Waals surface area (Å²) in [4.78, 5) is 72.9. The first-order valence-electron chi connectivity index (χ1n) is 44.6. The monoisotopic (exact) mass is 1630 g/mol. The van der Waals surface area contributed by atoms with Crippen molar-refractivity contribution in [2.24, 2.45) is 0 Å². The quantitative estimate of drug-likeness (QED) is 0.0170. The van der Waals surface area contributed by atoms with Crippen molar-refractivity contribution in [3.05, 3.63) is 159 Å². The molecule has 3 aromatic carbocycles. The SMILES string of the molecule is C=C(C)C(=O)OCCCCCCCCc1ccc(C(C)C)c(OP(=O)(Oc2c(C(C)C)ccc(CCCCCCCCOC(=O)C(=C)C)c2CCCCCCCCOC(=O)C(=C)C)Oc2c(C(C)C)ccc(CCCCCCCCOC(=O)C(=C)C)c2CCCCCCCCOC(=O)C(=C)C)c1CCCCCCCCOC(=O)C(=C)C. The minimum atomic E-state index is -4.87. The molecule has 0 atom stereocenters. The van der Waals surface area contributed by atoms with Gasteiger partial charge in [-0.1, -0.05) is 272 Å². The minimum Gasteiger partial charge on any atom is -0.462 e. The molecule has 0 aliphatic rings. The summed E-state index contributed by atoms with van der Waals surface area (Å²) in [7, 11) is -4.87. The Hall–Kier alpha value is -7.45. The fraction of sp³-hybridized carbons (Fsp3) is 0.636. The molecule has 0 spiro atoms. The van der Waals surface area contributed by atoms with E-state index in [4.69, 9.17) is 42.0 Å². The second-order valence-corrected chi connectivity index (χ2v) is 34.7. The molecular weight excluding hydrogens is 1480 g/mol. The normalized spacial score (nSPS) is 11.4. The summed E-state index contributed by atoms with van der Waals surface area (Å²) in [6.45, 7) is 47.6. The highest BCUT2D eigenvalue weighted by Gasteiger charge is 2.40. The number of unbranched alkanes of at least 4 members (excludes halogenated alkanes) is 30. The van der Waals surface area contributed by atoms with Crippen molar-refractivity contribution in [1.82, 2.24) is 0 Å². The molecule has 0 amide bonds. The van der Waals surface area contributed by atoms with Crippen LogP contribution >= 0.6 is 7.82 Å². The van der Waals surface area contributed by atoms with Crippen LogP contribution in [0.5, 0.6) is 17.2 Å². The molecule has 0 aromatic heterocycles. The van der Waals surface area contributed by atoms with E-state index in [1.54, 1.807) is 41.5 Å². The zero-order chi connectivity index (χ0) is 85.6. The number of hydrogen-bond acceptors (Lipinski definition) is 16. The maximum absolute atomic E-state index is 17.9. The van der Waals surface area contributed by atoms with Crippen molar-refractivity contribution in [3.63, 3.8) is 0 Å². The van der Waals surface area contributed by atoms with Crippen LogP contribution in [0, 0.1) is 0 Å². The third-order valence-electron chi connectivity index (χ3n) is 21.1. The Kier molecular flexibility index (Phi) is 53.2. The number of ether oxygens (including phenoxy) is 6. The molecule has 0 radical (unpaired) electrons. The smallest absolute Gasteiger partial charge is 0.462 e. The van der Waals surface area contributed by atoms with E-state index < -0.39 is 7.82 Å². The Labute approximate surface area is 702 Å².